The Morgan fingerprint density at radius 2 is 1.25 bits per heavy atom. The second-order valence-electron chi connectivity index (χ2n) is 12.9. The molecule has 1 aromatic rings. The molecule has 5 heteroatoms. The third kappa shape index (κ3) is 8.61. The molecule has 4 rings (SSSR count). The summed E-state index contributed by atoms with van der Waals surface area (Å²) < 4.78 is 61.0. The number of allylic oxidation sites excluding steroid dienone is 3. The highest BCUT2D eigenvalue weighted by molar-refractivity contribution is 5.57. The molecule has 0 bridgehead atoms. The number of rotatable bonds is 10. The van der Waals surface area contributed by atoms with Crippen molar-refractivity contribution in [1.29, 1.82) is 0 Å². The number of ether oxygens (including phenoxy) is 1. The van der Waals surface area contributed by atoms with E-state index in [2.05, 4.69) is 19.1 Å². The van der Waals surface area contributed by atoms with E-state index < -0.39 is 17.6 Å². The quantitative estimate of drug-likeness (QED) is 0.204. The minimum absolute atomic E-state index is 0.114. The zero-order valence-corrected chi connectivity index (χ0v) is 24.7. The Labute approximate surface area is 239 Å². The number of hydrogen-bond acceptors (Lipinski definition) is 1. The van der Waals surface area contributed by atoms with Gasteiger partial charge in [-0.05, 0) is 131 Å². The average Bonchev–Trinajstić information content (AvgIpc) is 2.95. The zero-order valence-electron chi connectivity index (χ0n) is 24.7. The SMILES string of the molecule is CCCOc1ccc(C=CC2CCC(C3CCC(C=CC4CCC(CCC)CC4)CC3)CC2)c(C(F)(F)F)c1F. The first-order valence-corrected chi connectivity index (χ1v) is 16.2. The van der Waals surface area contributed by atoms with Gasteiger partial charge in [0.2, 0.25) is 0 Å². The highest BCUT2D eigenvalue weighted by Crippen LogP contribution is 2.43. The average molecular weight is 563 g/mol. The van der Waals surface area contributed by atoms with Crippen molar-refractivity contribution in [3.8, 4) is 5.75 Å². The third-order valence-electron chi connectivity index (χ3n) is 9.98. The minimum Gasteiger partial charge on any atom is -0.491 e. The van der Waals surface area contributed by atoms with Gasteiger partial charge in [-0.2, -0.15) is 13.2 Å². The summed E-state index contributed by atoms with van der Waals surface area (Å²) in [5, 5.41) is 0. The molecule has 0 spiro atoms. The maximum Gasteiger partial charge on any atom is 0.419 e. The molecule has 0 aliphatic heterocycles. The van der Waals surface area contributed by atoms with Gasteiger partial charge in [0.25, 0.3) is 0 Å². The van der Waals surface area contributed by atoms with Crippen LogP contribution in [0.15, 0.2) is 30.4 Å². The predicted octanol–water partition coefficient (Wildman–Crippen LogP) is 11.4. The van der Waals surface area contributed by atoms with Crippen LogP contribution >= 0.6 is 0 Å². The number of hydrogen-bond donors (Lipinski definition) is 0. The summed E-state index contributed by atoms with van der Waals surface area (Å²) in [4.78, 5) is 0. The van der Waals surface area contributed by atoms with Crippen LogP contribution in [-0.4, -0.2) is 6.61 Å². The molecule has 0 aromatic heterocycles. The summed E-state index contributed by atoms with van der Waals surface area (Å²) in [6, 6.07) is 2.66. The van der Waals surface area contributed by atoms with Crippen molar-refractivity contribution >= 4 is 6.08 Å². The van der Waals surface area contributed by atoms with Crippen molar-refractivity contribution in [3.63, 3.8) is 0 Å². The summed E-state index contributed by atoms with van der Waals surface area (Å²) in [5.74, 6) is 2.65. The van der Waals surface area contributed by atoms with Crippen LogP contribution in [0.5, 0.6) is 5.75 Å². The van der Waals surface area contributed by atoms with Gasteiger partial charge in [0.1, 0.15) is 5.56 Å². The maximum absolute atomic E-state index is 14.7. The van der Waals surface area contributed by atoms with E-state index in [0.29, 0.717) is 6.42 Å². The molecule has 1 nitrogen and oxygen atoms in total. The van der Waals surface area contributed by atoms with Crippen LogP contribution in [0.1, 0.15) is 121 Å². The molecule has 0 heterocycles. The molecule has 224 valence electrons. The zero-order chi connectivity index (χ0) is 28.5. The van der Waals surface area contributed by atoms with E-state index in [0.717, 1.165) is 55.3 Å². The van der Waals surface area contributed by atoms with Crippen LogP contribution in [0.2, 0.25) is 0 Å². The number of halogens is 4. The lowest BCUT2D eigenvalue weighted by atomic mass is 9.69. The van der Waals surface area contributed by atoms with Crippen LogP contribution in [0.25, 0.3) is 6.08 Å². The molecular formula is C35H50F4O. The Kier molecular flexibility index (Phi) is 11.6. The Hall–Kier alpha value is -1.78. The summed E-state index contributed by atoms with van der Waals surface area (Å²) in [5.41, 5.74) is -1.34. The van der Waals surface area contributed by atoms with Crippen molar-refractivity contribution < 1.29 is 22.3 Å². The van der Waals surface area contributed by atoms with Gasteiger partial charge in [-0.1, -0.05) is 57.1 Å². The van der Waals surface area contributed by atoms with Crippen LogP contribution in [0, 0.1) is 41.3 Å². The topological polar surface area (TPSA) is 9.23 Å². The van der Waals surface area contributed by atoms with E-state index in [9.17, 15) is 17.6 Å². The molecule has 0 radical (unpaired) electrons. The maximum atomic E-state index is 14.7. The molecule has 1 aromatic carbocycles. The van der Waals surface area contributed by atoms with Gasteiger partial charge in [-0.3, -0.25) is 0 Å². The van der Waals surface area contributed by atoms with E-state index in [1.54, 1.807) is 0 Å². The molecule has 0 unspecified atom stereocenters. The van der Waals surface area contributed by atoms with Gasteiger partial charge < -0.3 is 4.74 Å². The second kappa shape index (κ2) is 14.9. The highest BCUT2D eigenvalue weighted by Gasteiger charge is 2.38. The molecule has 3 aliphatic rings. The van der Waals surface area contributed by atoms with E-state index in [1.807, 2.05) is 13.0 Å². The fraction of sp³-hybridized carbons (Fsp3) is 0.714. The Balaban J connectivity index is 1.23. The molecule has 0 atom stereocenters. The Bertz CT molecular complexity index is 956. The monoisotopic (exact) mass is 562 g/mol. The second-order valence-corrected chi connectivity index (χ2v) is 12.9. The first-order valence-electron chi connectivity index (χ1n) is 16.2. The van der Waals surface area contributed by atoms with Gasteiger partial charge >= 0.3 is 6.18 Å². The van der Waals surface area contributed by atoms with Gasteiger partial charge in [0.05, 0.1) is 6.61 Å². The van der Waals surface area contributed by atoms with Gasteiger partial charge in [0.15, 0.2) is 11.6 Å². The minimum atomic E-state index is -4.77. The van der Waals surface area contributed by atoms with Crippen molar-refractivity contribution in [2.75, 3.05) is 6.61 Å². The Morgan fingerprint density at radius 1 is 0.725 bits per heavy atom. The number of benzene rings is 1. The lowest BCUT2D eigenvalue weighted by Gasteiger charge is -2.37. The molecule has 3 saturated carbocycles. The van der Waals surface area contributed by atoms with Gasteiger partial charge in [-0.25, -0.2) is 4.39 Å². The van der Waals surface area contributed by atoms with Crippen LogP contribution in [-0.2, 0) is 6.18 Å². The van der Waals surface area contributed by atoms with E-state index >= 15 is 0 Å². The first kappa shape index (κ1) is 31.2. The van der Waals surface area contributed by atoms with Crippen molar-refractivity contribution in [2.45, 2.75) is 116 Å². The van der Waals surface area contributed by atoms with Gasteiger partial charge in [0, 0.05) is 0 Å². The van der Waals surface area contributed by atoms with Crippen LogP contribution in [0.4, 0.5) is 17.6 Å². The highest BCUT2D eigenvalue weighted by atomic mass is 19.4. The largest absolute Gasteiger partial charge is 0.491 e. The first-order chi connectivity index (χ1) is 19.3. The van der Waals surface area contributed by atoms with Crippen LogP contribution in [0.3, 0.4) is 0 Å². The van der Waals surface area contributed by atoms with Gasteiger partial charge in [-0.15, -0.1) is 0 Å². The van der Waals surface area contributed by atoms with Crippen LogP contribution < -0.4 is 4.74 Å². The van der Waals surface area contributed by atoms with Crippen molar-refractivity contribution in [1.82, 2.24) is 0 Å². The summed E-state index contributed by atoms with van der Waals surface area (Å²) in [6.07, 6.45) is 22.1. The summed E-state index contributed by atoms with van der Waals surface area (Å²) >= 11 is 0. The molecule has 3 fully saturated rings. The molecule has 0 amide bonds. The smallest absolute Gasteiger partial charge is 0.419 e. The summed E-state index contributed by atoms with van der Waals surface area (Å²) in [7, 11) is 0. The third-order valence-corrected chi connectivity index (χ3v) is 9.98. The normalized spacial score (nSPS) is 30.2. The standard InChI is InChI=1S/C35H50F4O/c1-3-5-25-6-8-26(9-7-25)10-11-27-12-17-29(18-13-27)30-19-14-28(15-20-30)16-21-31-22-23-32(40-24-4-2)34(36)33(31)35(37,38)39/h10-11,16,21-23,25-30H,3-9,12-15,17-20,24H2,1-2H3. The molecular weight excluding hydrogens is 512 g/mol. The van der Waals surface area contributed by atoms with Crippen molar-refractivity contribution in [3.05, 3.63) is 47.3 Å². The molecule has 0 N–H and O–H groups in total. The molecule has 40 heavy (non-hydrogen) atoms. The van der Waals surface area contributed by atoms with E-state index in [4.69, 9.17) is 4.74 Å². The fourth-order valence-electron chi connectivity index (χ4n) is 7.57. The Morgan fingerprint density at radius 3 is 1.75 bits per heavy atom. The lowest BCUT2D eigenvalue weighted by molar-refractivity contribution is -0.140. The molecule has 3 aliphatic carbocycles. The molecule has 0 saturated heterocycles. The summed E-state index contributed by atoms with van der Waals surface area (Å²) in [6.45, 7) is 4.32. The number of alkyl halides is 3. The van der Waals surface area contributed by atoms with Crippen molar-refractivity contribution in [2.24, 2.45) is 35.5 Å². The fourth-order valence-corrected chi connectivity index (χ4v) is 7.57. The lowest BCUT2D eigenvalue weighted by Crippen LogP contribution is -2.25. The predicted molar refractivity (Wildman–Crippen MR) is 157 cm³/mol. The van der Waals surface area contributed by atoms with E-state index in [1.165, 1.54) is 82.4 Å². The van der Waals surface area contributed by atoms with E-state index in [-0.39, 0.29) is 23.8 Å².